The van der Waals surface area contributed by atoms with Crippen LogP contribution < -0.4 is 5.32 Å². The Morgan fingerprint density at radius 2 is 2.15 bits per heavy atom. The molecule has 1 aliphatic rings. The minimum atomic E-state index is -1.03. The Bertz CT molecular complexity index is 752. The van der Waals surface area contributed by atoms with Crippen molar-refractivity contribution in [2.45, 2.75) is 38.0 Å². The highest BCUT2D eigenvalue weighted by Crippen LogP contribution is 2.23. The normalized spacial score (nSPS) is 20.1. The van der Waals surface area contributed by atoms with Crippen molar-refractivity contribution < 1.29 is 29.2 Å². The largest absolute Gasteiger partial charge is 0.481 e. The number of amides is 2. The van der Waals surface area contributed by atoms with Gasteiger partial charge in [-0.2, -0.15) is 0 Å². The van der Waals surface area contributed by atoms with Crippen molar-refractivity contribution in [2.24, 2.45) is 0 Å². The van der Waals surface area contributed by atoms with Gasteiger partial charge in [-0.25, -0.2) is 0 Å². The molecule has 27 heavy (non-hydrogen) atoms. The zero-order valence-corrected chi connectivity index (χ0v) is 15.0. The fourth-order valence-electron chi connectivity index (χ4n) is 3.06. The number of hydrogen-bond donors (Lipinski definition) is 2. The summed E-state index contributed by atoms with van der Waals surface area (Å²) in [6.07, 6.45) is -0.0741. The molecule has 3 atom stereocenters. The Morgan fingerprint density at radius 1 is 1.44 bits per heavy atom. The highest BCUT2D eigenvalue weighted by atomic mass is 16.6. The number of rotatable bonds is 7. The lowest BCUT2D eigenvalue weighted by Crippen LogP contribution is -2.49. The number of carboxylic acid groups (broad SMARTS) is 1. The molecule has 1 heterocycles. The number of aliphatic carboxylic acids is 1. The van der Waals surface area contributed by atoms with Crippen LogP contribution in [-0.4, -0.2) is 64.6 Å². The molecule has 0 radical (unpaired) electrons. The summed E-state index contributed by atoms with van der Waals surface area (Å²) in [5, 5.41) is 22.4. The molecule has 1 saturated heterocycles. The van der Waals surface area contributed by atoms with E-state index in [0.717, 1.165) is 6.07 Å². The Hall–Kier alpha value is -3.01. The summed E-state index contributed by atoms with van der Waals surface area (Å²) in [7, 11) is 1.49. The third-order valence-electron chi connectivity index (χ3n) is 4.44. The number of carbonyl (C=O) groups excluding carboxylic acids is 2. The quantitative estimate of drug-likeness (QED) is 0.528. The van der Waals surface area contributed by atoms with Crippen molar-refractivity contribution in [1.29, 1.82) is 0 Å². The van der Waals surface area contributed by atoms with Crippen LogP contribution in [0.3, 0.4) is 0 Å². The molecule has 1 fully saturated rings. The summed E-state index contributed by atoms with van der Waals surface area (Å²) in [4.78, 5) is 47.6. The standard InChI is InChI=1S/C17H21N3O7/c1-10(18-16(23)11-4-3-5-12(6-11)20(25)26)17(24)19-9-14(27-2)7-13(19)8-15(21)22/h3-6,10,13-14H,7-9H2,1-2H3,(H,18,23)(H,21,22). The molecule has 3 unspecified atom stereocenters. The second kappa shape index (κ2) is 8.58. The molecular formula is C17H21N3O7. The number of carboxylic acids is 1. The van der Waals surface area contributed by atoms with Gasteiger partial charge in [0.25, 0.3) is 11.6 Å². The van der Waals surface area contributed by atoms with Gasteiger partial charge in [-0.1, -0.05) is 6.07 Å². The lowest BCUT2D eigenvalue weighted by Gasteiger charge is -2.26. The number of nitro groups is 1. The smallest absolute Gasteiger partial charge is 0.305 e. The number of carbonyl (C=O) groups is 3. The van der Waals surface area contributed by atoms with E-state index in [9.17, 15) is 24.5 Å². The predicted molar refractivity (Wildman–Crippen MR) is 93.2 cm³/mol. The van der Waals surface area contributed by atoms with E-state index in [1.165, 1.54) is 37.1 Å². The molecule has 1 aliphatic heterocycles. The van der Waals surface area contributed by atoms with Crippen molar-refractivity contribution in [3.63, 3.8) is 0 Å². The Morgan fingerprint density at radius 3 is 2.74 bits per heavy atom. The van der Waals surface area contributed by atoms with E-state index in [-0.39, 0.29) is 30.3 Å². The molecule has 146 valence electrons. The number of hydrogen-bond acceptors (Lipinski definition) is 6. The third-order valence-corrected chi connectivity index (χ3v) is 4.44. The monoisotopic (exact) mass is 379 g/mol. The van der Waals surface area contributed by atoms with E-state index in [1.54, 1.807) is 0 Å². The van der Waals surface area contributed by atoms with E-state index in [0.29, 0.717) is 6.42 Å². The highest BCUT2D eigenvalue weighted by Gasteiger charge is 2.38. The van der Waals surface area contributed by atoms with Crippen molar-refractivity contribution in [3.05, 3.63) is 39.9 Å². The second-order valence-corrected chi connectivity index (χ2v) is 6.34. The summed E-state index contributed by atoms with van der Waals surface area (Å²) in [6, 6.07) is 3.73. The van der Waals surface area contributed by atoms with Gasteiger partial charge in [-0.05, 0) is 19.4 Å². The Labute approximate surface area is 155 Å². The molecule has 0 aromatic heterocycles. The Kier molecular flexibility index (Phi) is 6.45. The minimum Gasteiger partial charge on any atom is -0.481 e. The summed E-state index contributed by atoms with van der Waals surface area (Å²) in [5.74, 6) is -2.08. The van der Waals surface area contributed by atoms with Crippen LogP contribution in [-0.2, 0) is 14.3 Å². The first-order valence-corrected chi connectivity index (χ1v) is 8.33. The molecule has 10 heteroatoms. The maximum absolute atomic E-state index is 12.7. The van der Waals surface area contributed by atoms with E-state index < -0.39 is 34.8 Å². The van der Waals surface area contributed by atoms with Crippen LogP contribution in [0.4, 0.5) is 5.69 Å². The van der Waals surface area contributed by atoms with E-state index in [1.807, 2.05) is 0 Å². The molecule has 0 spiro atoms. The van der Waals surface area contributed by atoms with Gasteiger partial charge in [0, 0.05) is 37.4 Å². The molecule has 2 amide bonds. The van der Waals surface area contributed by atoms with Gasteiger partial charge in [0.2, 0.25) is 5.91 Å². The fourth-order valence-corrected chi connectivity index (χ4v) is 3.06. The number of likely N-dealkylation sites (tertiary alicyclic amines) is 1. The van der Waals surface area contributed by atoms with Gasteiger partial charge < -0.3 is 20.1 Å². The second-order valence-electron chi connectivity index (χ2n) is 6.34. The molecule has 1 aromatic rings. The number of ether oxygens (including phenoxy) is 1. The van der Waals surface area contributed by atoms with Crippen molar-refractivity contribution >= 4 is 23.5 Å². The van der Waals surface area contributed by atoms with Crippen LogP contribution in [0.15, 0.2) is 24.3 Å². The van der Waals surface area contributed by atoms with Gasteiger partial charge in [0.05, 0.1) is 17.4 Å². The first-order chi connectivity index (χ1) is 12.7. The van der Waals surface area contributed by atoms with Gasteiger partial charge >= 0.3 is 5.97 Å². The third kappa shape index (κ3) is 5.00. The number of methoxy groups -OCH3 is 1. The SMILES string of the molecule is COC1CC(CC(=O)O)N(C(=O)C(C)NC(=O)c2cccc([N+](=O)[O-])c2)C1. The Balaban J connectivity index is 2.07. The van der Waals surface area contributed by atoms with Gasteiger partial charge in [0.1, 0.15) is 6.04 Å². The predicted octanol–water partition coefficient (Wildman–Crippen LogP) is 0.804. The first-order valence-electron chi connectivity index (χ1n) is 8.33. The summed E-state index contributed by atoms with van der Waals surface area (Å²) >= 11 is 0. The minimum absolute atomic E-state index is 0.0575. The number of nitro benzene ring substituents is 1. The number of nitrogens with zero attached hydrogens (tertiary/aromatic N) is 2. The molecule has 2 rings (SSSR count). The van der Waals surface area contributed by atoms with Gasteiger partial charge in [0.15, 0.2) is 0 Å². The zero-order valence-electron chi connectivity index (χ0n) is 15.0. The van der Waals surface area contributed by atoms with E-state index in [2.05, 4.69) is 5.32 Å². The maximum atomic E-state index is 12.7. The average Bonchev–Trinajstić information content (AvgIpc) is 3.03. The van der Waals surface area contributed by atoms with Crippen LogP contribution in [0.2, 0.25) is 0 Å². The topological polar surface area (TPSA) is 139 Å². The van der Waals surface area contributed by atoms with Crippen LogP contribution in [0.1, 0.15) is 30.1 Å². The van der Waals surface area contributed by atoms with Crippen LogP contribution in [0.5, 0.6) is 0 Å². The number of non-ortho nitro benzene ring substituents is 1. The lowest BCUT2D eigenvalue weighted by atomic mass is 10.1. The molecule has 0 aliphatic carbocycles. The van der Waals surface area contributed by atoms with Crippen LogP contribution in [0.25, 0.3) is 0 Å². The van der Waals surface area contributed by atoms with Crippen molar-refractivity contribution in [1.82, 2.24) is 10.2 Å². The molecule has 0 saturated carbocycles. The molecule has 1 aromatic carbocycles. The maximum Gasteiger partial charge on any atom is 0.305 e. The van der Waals surface area contributed by atoms with E-state index >= 15 is 0 Å². The number of nitrogens with one attached hydrogen (secondary N) is 1. The van der Waals surface area contributed by atoms with Gasteiger partial charge in [-0.15, -0.1) is 0 Å². The van der Waals surface area contributed by atoms with Crippen molar-refractivity contribution in [3.8, 4) is 0 Å². The summed E-state index contributed by atoms with van der Waals surface area (Å²) in [5.41, 5.74) is -0.173. The lowest BCUT2D eigenvalue weighted by molar-refractivity contribution is -0.384. The van der Waals surface area contributed by atoms with Gasteiger partial charge in [-0.3, -0.25) is 24.5 Å². The molecule has 2 N–H and O–H groups in total. The average molecular weight is 379 g/mol. The summed E-state index contributed by atoms with van der Waals surface area (Å²) in [6.45, 7) is 1.72. The zero-order chi connectivity index (χ0) is 20.1. The summed E-state index contributed by atoms with van der Waals surface area (Å²) < 4.78 is 5.23. The first kappa shape index (κ1) is 20.3. The number of benzene rings is 1. The molecular weight excluding hydrogens is 358 g/mol. The molecule has 10 nitrogen and oxygen atoms in total. The highest BCUT2D eigenvalue weighted by molar-refractivity contribution is 5.98. The molecule has 0 bridgehead atoms. The fraction of sp³-hybridized carbons (Fsp3) is 0.471. The van der Waals surface area contributed by atoms with Crippen molar-refractivity contribution in [2.75, 3.05) is 13.7 Å². The van der Waals surface area contributed by atoms with E-state index in [4.69, 9.17) is 9.84 Å². The van der Waals surface area contributed by atoms with Crippen LogP contribution in [0, 0.1) is 10.1 Å². The van der Waals surface area contributed by atoms with Crippen LogP contribution >= 0.6 is 0 Å².